The van der Waals surface area contributed by atoms with Gasteiger partial charge in [0, 0.05) is 45.8 Å². The first-order valence-corrected chi connectivity index (χ1v) is 28.3. The number of hydrogen-bond donors (Lipinski definition) is 0. The number of aryl methyl sites for hydroxylation is 2. The minimum atomic E-state index is -0.328. The van der Waals surface area contributed by atoms with Crippen LogP contribution in [0.4, 0.5) is 23.0 Å². The number of para-hydroxylation sites is 4. The van der Waals surface area contributed by atoms with E-state index in [1.807, 2.05) is 227 Å². The van der Waals surface area contributed by atoms with Gasteiger partial charge in [-0.25, -0.2) is 29.0 Å². The van der Waals surface area contributed by atoms with Gasteiger partial charge in [-0.05, 0) is 122 Å². The summed E-state index contributed by atoms with van der Waals surface area (Å²) in [6.07, 6.45) is 7.88. The van der Waals surface area contributed by atoms with Crippen LogP contribution in [-0.4, -0.2) is 56.1 Å². The standard InChI is InChI=1S/C70H62N8O4/c1-49-45-65(71-75(49)53-27-13-9-14-28-53)77(55-31-17-11-18-32-55)73-67-59-37-23-21-35-57(59)63-47-51(39-41-61(63)67)69(79)81-43-25-7-5-3-4-6-8-26-44-82-70(80)52-40-42-62-64(48-52)58-36-22-24-38-60(58)68(62)74-78(56-33-19-12-20-34-56)66-46-50(2)76(72-66)54-29-15-10-16-30-54/h9-24,27-42,45-48H,3-8,25-26,43-44H2,1-2H3/b73-67+,74-68+. The lowest BCUT2D eigenvalue weighted by Crippen LogP contribution is -2.15. The molecule has 0 bridgehead atoms. The van der Waals surface area contributed by atoms with E-state index in [9.17, 15) is 9.59 Å². The first kappa shape index (κ1) is 52.7. The maximum Gasteiger partial charge on any atom is 0.338 e. The van der Waals surface area contributed by atoms with E-state index in [1.54, 1.807) is 0 Å². The second kappa shape index (κ2) is 24.2. The monoisotopic (exact) mass is 1080 g/mol. The Morgan fingerprint density at radius 1 is 0.378 bits per heavy atom. The van der Waals surface area contributed by atoms with Crippen LogP contribution in [0.2, 0.25) is 0 Å². The predicted molar refractivity (Wildman–Crippen MR) is 326 cm³/mol. The van der Waals surface area contributed by atoms with E-state index in [-0.39, 0.29) is 11.9 Å². The Kier molecular flexibility index (Phi) is 15.6. The largest absolute Gasteiger partial charge is 0.462 e. The number of hydrazone groups is 2. The third kappa shape index (κ3) is 11.2. The highest BCUT2D eigenvalue weighted by Crippen LogP contribution is 2.41. The van der Waals surface area contributed by atoms with Crippen LogP contribution in [0.15, 0.2) is 229 Å². The van der Waals surface area contributed by atoms with Crippen LogP contribution in [0.5, 0.6) is 0 Å². The molecule has 2 aliphatic carbocycles. The number of rotatable bonds is 21. The first-order valence-electron chi connectivity index (χ1n) is 28.3. The van der Waals surface area contributed by atoms with Crippen molar-refractivity contribution in [2.45, 2.75) is 65.2 Å². The molecule has 2 heterocycles. The number of esters is 2. The number of carbonyl (C=O) groups is 2. The number of ether oxygens (including phenoxy) is 2. The number of fused-ring (bicyclic) bond motifs is 6. The lowest BCUT2D eigenvalue weighted by atomic mass is 10.0. The first-order chi connectivity index (χ1) is 40.4. The molecule has 0 radical (unpaired) electrons. The van der Waals surface area contributed by atoms with Crippen LogP contribution >= 0.6 is 0 Å². The van der Waals surface area contributed by atoms with Gasteiger partial charge in [0.25, 0.3) is 0 Å². The fourth-order valence-electron chi connectivity index (χ4n) is 10.9. The average molecular weight is 1080 g/mol. The second-order valence-electron chi connectivity index (χ2n) is 20.7. The summed E-state index contributed by atoms with van der Waals surface area (Å²) in [7, 11) is 0. The molecular weight excluding hydrogens is 1020 g/mol. The molecule has 8 aromatic carbocycles. The Morgan fingerprint density at radius 3 is 1.10 bits per heavy atom. The van der Waals surface area contributed by atoms with E-state index in [1.165, 1.54) is 0 Å². The molecule has 0 saturated heterocycles. The van der Waals surface area contributed by atoms with Crippen molar-refractivity contribution in [1.82, 2.24) is 19.6 Å². The van der Waals surface area contributed by atoms with E-state index in [2.05, 4.69) is 24.3 Å². The zero-order chi connectivity index (χ0) is 55.8. The van der Waals surface area contributed by atoms with Crippen molar-refractivity contribution in [1.29, 1.82) is 0 Å². The van der Waals surface area contributed by atoms with Gasteiger partial charge in [-0.3, -0.25) is 0 Å². The van der Waals surface area contributed by atoms with Crippen LogP contribution in [0.1, 0.15) is 106 Å². The molecule has 0 fully saturated rings. The Morgan fingerprint density at radius 2 is 0.707 bits per heavy atom. The van der Waals surface area contributed by atoms with Gasteiger partial charge in [0.2, 0.25) is 0 Å². The molecule has 12 rings (SSSR count). The van der Waals surface area contributed by atoms with Gasteiger partial charge < -0.3 is 9.47 Å². The van der Waals surface area contributed by atoms with E-state index in [0.717, 1.165) is 141 Å². The van der Waals surface area contributed by atoms with Gasteiger partial charge >= 0.3 is 11.9 Å². The molecule has 0 saturated carbocycles. The molecular formula is C70H62N8O4. The minimum Gasteiger partial charge on any atom is -0.462 e. The van der Waals surface area contributed by atoms with Gasteiger partial charge in [-0.1, -0.05) is 172 Å². The Hall–Kier alpha value is -9.94. The summed E-state index contributed by atoms with van der Waals surface area (Å²) in [6.45, 7) is 4.82. The SMILES string of the molecule is Cc1cc(N(/N=C2\c3ccccc3-c3cc(C(=O)OCCCCCCCCCCOC(=O)c4ccc5c(c4)-c4ccccc4/C5=N\N(c4ccccc4)c4cc(C)n(-c5ccccc5)n4)ccc32)c2ccccc2)nn1-c1ccccc1. The molecule has 0 atom stereocenters. The predicted octanol–water partition coefficient (Wildman–Crippen LogP) is 16.0. The van der Waals surface area contributed by atoms with Crippen LogP contribution < -0.4 is 10.0 Å². The normalized spacial score (nSPS) is 12.9. The molecule has 0 unspecified atom stereocenters. The lowest BCUT2D eigenvalue weighted by molar-refractivity contribution is 0.0487. The molecule has 0 N–H and O–H groups in total. The van der Waals surface area contributed by atoms with E-state index in [4.69, 9.17) is 29.9 Å². The molecule has 12 nitrogen and oxygen atoms in total. The maximum absolute atomic E-state index is 13.5. The van der Waals surface area contributed by atoms with Crippen molar-refractivity contribution in [3.8, 4) is 33.6 Å². The molecule has 10 aromatic rings. The van der Waals surface area contributed by atoms with E-state index >= 15 is 0 Å². The van der Waals surface area contributed by atoms with Gasteiger partial charge in [0.15, 0.2) is 11.6 Å². The second-order valence-corrected chi connectivity index (χ2v) is 20.7. The minimum absolute atomic E-state index is 0.328. The number of aromatic nitrogens is 4. The summed E-state index contributed by atoms with van der Waals surface area (Å²) in [5.74, 6) is 0.726. The van der Waals surface area contributed by atoms with Crippen molar-refractivity contribution in [3.05, 3.63) is 263 Å². The number of carbonyl (C=O) groups excluding carboxylic acids is 2. The lowest BCUT2D eigenvalue weighted by Gasteiger charge is -2.18. The highest BCUT2D eigenvalue weighted by molar-refractivity contribution is 6.26. The smallest absolute Gasteiger partial charge is 0.338 e. The fourth-order valence-corrected chi connectivity index (χ4v) is 10.9. The molecule has 2 aliphatic rings. The van der Waals surface area contributed by atoms with Crippen molar-refractivity contribution in [2.24, 2.45) is 10.2 Å². The number of hydrogen-bond acceptors (Lipinski definition) is 10. The quantitative estimate of drug-likeness (QED) is 0.0396. The average Bonchev–Trinajstić information content (AvgIpc) is 4.46. The summed E-state index contributed by atoms with van der Waals surface area (Å²) in [5, 5.41) is 24.5. The van der Waals surface area contributed by atoms with Gasteiger partial charge in [0.05, 0.1) is 58.5 Å². The summed E-state index contributed by atoms with van der Waals surface area (Å²) in [4.78, 5) is 26.9. The van der Waals surface area contributed by atoms with Crippen LogP contribution in [-0.2, 0) is 9.47 Å². The Bertz CT molecular complexity index is 3710. The molecule has 2 aromatic heterocycles. The van der Waals surface area contributed by atoms with Crippen molar-refractivity contribution < 1.29 is 19.1 Å². The van der Waals surface area contributed by atoms with Crippen LogP contribution in [0, 0.1) is 13.8 Å². The zero-order valence-corrected chi connectivity index (χ0v) is 46.1. The molecule has 82 heavy (non-hydrogen) atoms. The van der Waals surface area contributed by atoms with Gasteiger partial charge in [-0.15, -0.1) is 10.2 Å². The van der Waals surface area contributed by atoms with Crippen LogP contribution in [0.25, 0.3) is 33.6 Å². The highest BCUT2D eigenvalue weighted by Gasteiger charge is 2.30. The molecule has 12 heteroatoms. The summed E-state index contributed by atoms with van der Waals surface area (Å²) < 4.78 is 15.5. The third-order valence-corrected chi connectivity index (χ3v) is 15.1. The van der Waals surface area contributed by atoms with E-state index < -0.39 is 0 Å². The van der Waals surface area contributed by atoms with Crippen molar-refractivity contribution in [2.75, 3.05) is 23.2 Å². The third-order valence-electron chi connectivity index (χ3n) is 15.1. The summed E-state index contributed by atoms with van der Waals surface area (Å²) >= 11 is 0. The molecule has 0 spiro atoms. The van der Waals surface area contributed by atoms with Crippen LogP contribution in [0.3, 0.4) is 0 Å². The van der Waals surface area contributed by atoms with Crippen molar-refractivity contribution in [3.63, 3.8) is 0 Å². The summed E-state index contributed by atoms with van der Waals surface area (Å²) in [6, 6.07) is 72.3. The molecule has 0 amide bonds. The topological polar surface area (TPSA) is 119 Å². The summed E-state index contributed by atoms with van der Waals surface area (Å²) in [5.41, 5.74) is 16.1. The Balaban J connectivity index is 0.606. The number of anilines is 4. The van der Waals surface area contributed by atoms with E-state index in [0.29, 0.717) is 36.0 Å². The zero-order valence-electron chi connectivity index (χ0n) is 46.1. The maximum atomic E-state index is 13.5. The molecule has 0 aliphatic heterocycles. The number of nitrogens with zero attached hydrogens (tertiary/aromatic N) is 8. The highest BCUT2D eigenvalue weighted by atomic mass is 16.5. The molecule has 406 valence electrons. The fraction of sp³-hybridized carbons (Fsp3) is 0.171. The van der Waals surface area contributed by atoms with Gasteiger partial charge in [-0.2, -0.15) is 10.2 Å². The van der Waals surface area contributed by atoms with Crippen molar-refractivity contribution >= 4 is 46.4 Å². The number of benzene rings is 8. The Labute approximate surface area is 478 Å². The number of unbranched alkanes of at least 4 members (excludes halogenated alkanes) is 7. The van der Waals surface area contributed by atoms with Gasteiger partial charge in [0.1, 0.15) is 0 Å².